The summed E-state index contributed by atoms with van der Waals surface area (Å²) in [6.07, 6.45) is 6.38. The summed E-state index contributed by atoms with van der Waals surface area (Å²) < 4.78 is 1.97. The van der Waals surface area contributed by atoms with Crippen molar-refractivity contribution >= 4 is 0 Å². The lowest BCUT2D eigenvalue weighted by Crippen LogP contribution is -2.34. The molecule has 3 heteroatoms. The highest BCUT2D eigenvalue weighted by Gasteiger charge is 2.27. The average Bonchev–Trinajstić information content (AvgIpc) is 2.46. The van der Waals surface area contributed by atoms with Crippen molar-refractivity contribution in [1.29, 1.82) is 0 Å². The first kappa shape index (κ1) is 7.80. The molecule has 0 bridgehead atoms. The van der Waals surface area contributed by atoms with Gasteiger partial charge in [-0.25, -0.2) is 0 Å². The Hall–Kier alpha value is -0.830. The van der Waals surface area contributed by atoms with Gasteiger partial charge in [-0.1, -0.05) is 0 Å². The quantitative estimate of drug-likeness (QED) is 0.713. The highest BCUT2D eigenvalue weighted by molar-refractivity contribution is 5.16. The first-order chi connectivity index (χ1) is 5.79. The SMILES string of the molecule is CCn1cc(C2CC(N)C2)cn1. The minimum absolute atomic E-state index is 0.431. The van der Waals surface area contributed by atoms with Gasteiger partial charge in [0.05, 0.1) is 6.20 Å². The first-order valence-corrected chi connectivity index (χ1v) is 4.57. The average molecular weight is 165 g/mol. The second kappa shape index (κ2) is 2.90. The van der Waals surface area contributed by atoms with Crippen molar-refractivity contribution in [2.24, 2.45) is 5.73 Å². The predicted molar refractivity (Wildman–Crippen MR) is 47.9 cm³/mol. The van der Waals surface area contributed by atoms with E-state index in [0.717, 1.165) is 19.4 Å². The summed E-state index contributed by atoms with van der Waals surface area (Å²) >= 11 is 0. The van der Waals surface area contributed by atoms with Crippen LogP contribution < -0.4 is 5.73 Å². The molecule has 1 aliphatic carbocycles. The molecule has 1 aromatic heterocycles. The lowest BCUT2D eigenvalue weighted by Gasteiger charge is -2.31. The van der Waals surface area contributed by atoms with Crippen molar-refractivity contribution in [2.45, 2.75) is 38.3 Å². The molecule has 66 valence electrons. The van der Waals surface area contributed by atoms with Crippen molar-refractivity contribution < 1.29 is 0 Å². The van der Waals surface area contributed by atoms with E-state index in [1.807, 2.05) is 10.9 Å². The van der Waals surface area contributed by atoms with Crippen LogP contribution in [0.1, 0.15) is 31.2 Å². The number of hydrogen-bond donors (Lipinski definition) is 1. The van der Waals surface area contributed by atoms with Gasteiger partial charge >= 0.3 is 0 Å². The van der Waals surface area contributed by atoms with E-state index in [2.05, 4.69) is 18.2 Å². The standard InChI is InChI=1S/C9H15N3/c1-2-12-6-8(5-11-12)7-3-9(10)4-7/h5-7,9H,2-4,10H2,1H3. The van der Waals surface area contributed by atoms with Crippen LogP contribution in [0.4, 0.5) is 0 Å². The van der Waals surface area contributed by atoms with Crippen molar-refractivity contribution in [1.82, 2.24) is 9.78 Å². The third kappa shape index (κ3) is 1.25. The number of nitrogens with zero attached hydrogens (tertiary/aromatic N) is 2. The number of aryl methyl sites for hydroxylation is 1. The number of nitrogens with two attached hydrogens (primary N) is 1. The van der Waals surface area contributed by atoms with Gasteiger partial charge in [-0.15, -0.1) is 0 Å². The highest BCUT2D eigenvalue weighted by Crippen LogP contribution is 2.35. The molecule has 2 rings (SSSR count). The number of aromatic nitrogens is 2. The van der Waals surface area contributed by atoms with Gasteiger partial charge in [-0.3, -0.25) is 4.68 Å². The fourth-order valence-electron chi connectivity index (χ4n) is 1.70. The van der Waals surface area contributed by atoms with E-state index in [0.29, 0.717) is 12.0 Å². The largest absolute Gasteiger partial charge is 0.328 e. The van der Waals surface area contributed by atoms with Crippen LogP contribution in [0, 0.1) is 0 Å². The lowest BCUT2D eigenvalue weighted by molar-refractivity contribution is 0.351. The molecule has 12 heavy (non-hydrogen) atoms. The van der Waals surface area contributed by atoms with E-state index in [1.165, 1.54) is 5.56 Å². The van der Waals surface area contributed by atoms with Gasteiger partial charge in [0.2, 0.25) is 0 Å². The molecule has 0 aromatic carbocycles. The van der Waals surface area contributed by atoms with Crippen molar-refractivity contribution in [2.75, 3.05) is 0 Å². The van der Waals surface area contributed by atoms with Crippen molar-refractivity contribution in [3.05, 3.63) is 18.0 Å². The summed E-state index contributed by atoms with van der Waals surface area (Å²) in [6, 6.07) is 0.431. The molecular formula is C9H15N3. The van der Waals surface area contributed by atoms with Crippen molar-refractivity contribution in [3.63, 3.8) is 0 Å². The summed E-state index contributed by atoms with van der Waals surface area (Å²) in [7, 11) is 0. The monoisotopic (exact) mass is 165 g/mol. The smallest absolute Gasteiger partial charge is 0.0524 e. The minimum atomic E-state index is 0.431. The Labute approximate surface area is 72.6 Å². The van der Waals surface area contributed by atoms with Gasteiger partial charge in [-0.2, -0.15) is 5.10 Å². The van der Waals surface area contributed by atoms with Gasteiger partial charge in [0, 0.05) is 18.8 Å². The fourth-order valence-corrected chi connectivity index (χ4v) is 1.70. The molecule has 3 nitrogen and oxygen atoms in total. The molecule has 0 atom stereocenters. The fraction of sp³-hybridized carbons (Fsp3) is 0.667. The summed E-state index contributed by atoms with van der Waals surface area (Å²) in [5.41, 5.74) is 7.08. The predicted octanol–water partition coefficient (Wildman–Crippen LogP) is 1.11. The lowest BCUT2D eigenvalue weighted by atomic mass is 9.77. The van der Waals surface area contributed by atoms with Crippen LogP contribution in [0.3, 0.4) is 0 Å². The molecule has 1 aliphatic rings. The third-order valence-corrected chi connectivity index (χ3v) is 2.62. The maximum absolute atomic E-state index is 5.72. The van der Waals surface area contributed by atoms with Crippen LogP contribution >= 0.6 is 0 Å². The van der Waals surface area contributed by atoms with Crippen LogP contribution in [0.25, 0.3) is 0 Å². The zero-order valence-electron chi connectivity index (χ0n) is 7.40. The molecule has 0 unspecified atom stereocenters. The zero-order chi connectivity index (χ0) is 8.55. The van der Waals surface area contributed by atoms with Crippen LogP contribution in [0.5, 0.6) is 0 Å². The van der Waals surface area contributed by atoms with E-state index in [4.69, 9.17) is 5.73 Å². The number of hydrogen-bond acceptors (Lipinski definition) is 2. The highest BCUT2D eigenvalue weighted by atomic mass is 15.3. The second-order valence-corrected chi connectivity index (χ2v) is 3.56. The van der Waals surface area contributed by atoms with Crippen LogP contribution in [0.2, 0.25) is 0 Å². The molecule has 1 heterocycles. The molecule has 0 radical (unpaired) electrons. The summed E-state index contributed by atoms with van der Waals surface area (Å²) in [5, 5.41) is 4.24. The molecule has 0 spiro atoms. The Kier molecular flexibility index (Phi) is 1.89. The molecule has 0 amide bonds. The zero-order valence-corrected chi connectivity index (χ0v) is 7.40. The minimum Gasteiger partial charge on any atom is -0.328 e. The van der Waals surface area contributed by atoms with Crippen molar-refractivity contribution in [3.8, 4) is 0 Å². The van der Waals surface area contributed by atoms with E-state index >= 15 is 0 Å². The second-order valence-electron chi connectivity index (χ2n) is 3.56. The van der Waals surface area contributed by atoms with E-state index in [-0.39, 0.29) is 0 Å². The maximum Gasteiger partial charge on any atom is 0.0524 e. The van der Waals surface area contributed by atoms with Gasteiger partial charge < -0.3 is 5.73 Å². The molecular weight excluding hydrogens is 150 g/mol. The van der Waals surface area contributed by atoms with E-state index < -0.39 is 0 Å². The van der Waals surface area contributed by atoms with Gasteiger partial charge in [-0.05, 0) is 31.2 Å². The summed E-state index contributed by atoms with van der Waals surface area (Å²) in [5.74, 6) is 0.681. The Morgan fingerprint density at radius 2 is 2.42 bits per heavy atom. The third-order valence-electron chi connectivity index (χ3n) is 2.62. The molecule has 0 aliphatic heterocycles. The van der Waals surface area contributed by atoms with Crippen LogP contribution in [-0.2, 0) is 6.54 Å². The molecule has 0 saturated heterocycles. The maximum atomic E-state index is 5.72. The summed E-state index contributed by atoms with van der Waals surface area (Å²) in [4.78, 5) is 0. The Bertz CT molecular complexity index is 260. The van der Waals surface area contributed by atoms with Crippen LogP contribution in [-0.4, -0.2) is 15.8 Å². The molecule has 1 fully saturated rings. The summed E-state index contributed by atoms with van der Waals surface area (Å²) in [6.45, 7) is 3.06. The van der Waals surface area contributed by atoms with E-state index in [9.17, 15) is 0 Å². The van der Waals surface area contributed by atoms with Crippen LogP contribution in [0.15, 0.2) is 12.4 Å². The molecule has 1 aromatic rings. The Morgan fingerprint density at radius 3 is 2.92 bits per heavy atom. The first-order valence-electron chi connectivity index (χ1n) is 4.57. The molecule has 2 N–H and O–H groups in total. The normalized spacial score (nSPS) is 28.5. The van der Waals surface area contributed by atoms with E-state index in [1.54, 1.807) is 0 Å². The Morgan fingerprint density at radius 1 is 1.67 bits per heavy atom. The number of rotatable bonds is 2. The van der Waals surface area contributed by atoms with Gasteiger partial charge in [0.15, 0.2) is 0 Å². The topological polar surface area (TPSA) is 43.8 Å². The Balaban J connectivity index is 2.04. The van der Waals surface area contributed by atoms with Gasteiger partial charge in [0.1, 0.15) is 0 Å². The molecule has 1 saturated carbocycles. The van der Waals surface area contributed by atoms with Gasteiger partial charge in [0.25, 0.3) is 0 Å².